The van der Waals surface area contributed by atoms with E-state index in [2.05, 4.69) is 5.32 Å². The molecule has 0 saturated carbocycles. The third-order valence-electron chi connectivity index (χ3n) is 2.77. The number of nitrogens with one attached hydrogen (secondary N) is 1. The molecule has 0 aliphatic heterocycles. The highest BCUT2D eigenvalue weighted by atomic mass is 35.5. The Labute approximate surface area is 126 Å². The molecule has 0 spiro atoms. The van der Waals surface area contributed by atoms with E-state index in [4.69, 9.17) is 22.1 Å². The number of hydrogen-bond acceptors (Lipinski definition) is 3. The van der Waals surface area contributed by atoms with Gasteiger partial charge in [-0.1, -0.05) is 17.7 Å². The molecule has 0 bridgehead atoms. The quantitative estimate of drug-likeness (QED) is 0.846. The summed E-state index contributed by atoms with van der Waals surface area (Å²) in [5, 5.41) is 2.56. The number of hydrogen-bond donors (Lipinski definition) is 2. The highest BCUT2D eigenvalue weighted by Gasteiger charge is 2.13. The number of ether oxygens (including phenoxy) is 1. The van der Waals surface area contributed by atoms with E-state index in [1.807, 2.05) is 6.92 Å². The van der Waals surface area contributed by atoms with Gasteiger partial charge in [-0.25, -0.2) is 4.39 Å². The highest BCUT2D eigenvalue weighted by Crippen LogP contribution is 2.27. The number of carbonyl (C=O) groups is 1. The third kappa shape index (κ3) is 3.44. The first-order valence-electron chi connectivity index (χ1n) is 6.30. The highest BCUT2D eigenvalue weighted by molar-refractivity contribution is 6.34. The minimum Gasteiger partial charge on any atom is -0.492 e. The SMILES string of the molecule is CCOc1ccc(C(=O)Nc2c(F)cccc2Cl)cc1N. The van der Waals surface area contributed by atoms with E-state index < -0.39 is 11.7 Å². The molecule has 21 heavy (non-hydrogen) atoms. The molecule has 3 N–H and O–H groups in total. The van der Waals surface area contributed by atoms with Crippen LogP contribution in [0.15, 0.2) is 36.4 Å². The zero-order valence-corrected chi connectivity index (χ0v) is 12.1. The van der Waals surface area contributed by atoms with Crippen LogP contribution in [0.1, 0.15) is 17.3 Å². The van der Waals surface area contributed by atoms with Gasteiger partial charge in [0.25, 0.3) is 5.91 Å². The second kappa shape index (κ2) is 6.45. The summed E-state index contributed by atoms with van der Waals surface area (Å²) in [6.45, 7) is 2.31. The van der Waals surface area contributed by atoms with Gasteiger partial charge < -0.3 is 15.8 Å². The summed E-state index contributed by atoms with van der Waals surface area (Å²) < 4.78 is 18.9. The maximum Gasteiger partial charge on any atom is 0.255 e. The number of nitrogens with two attached hydrogens (primary N) is 1. The Kier molecular flexibility index (Phi) is 4.65. The van der Waals surface area contributed by atoms with Crippen molar-refractivity contribution in [3.05, 3.63) is 52.8 Å². The Morgan fingerprint density at radius 3 is 2.76 bits per heavy atom. The van der Waals surface area contributed by atoms with Gasteiger partial charge in [-0.05, 0) is 37.3 Å². The molecule has 2 aromatic rings. The zero-order chi connectivity index (χ0) is 15.4. The fourth-order valence-electron chi connectivity index (χ4n) is 1.78. The minimum atomic E-state index is -0.602. The van der Waals surface area contributed by atoms with Crippen LogP contribution >= 0.6 is 11.6 Å². The van der Waals surface area contributed by atoms with Crippen molar-refractivity contribution in [2.24, 2.45) is 0 Å². The summed E-state index contributed by atoms with van der Waals surface area (Å²) in [7, 11) is 0. The lowest BCUT2D eigenvalue weighted by Crippen LogP contribution is -2.14. The van der Waals surface area contributed by atoms with Crippen LogP contribution in [-0.2, 0) is 0 Å². The Hall–Kier alpha value is -2.27. The van der Waals surface area contributed by atoms with Gasteiger partial charge in [-0.2, -0.15) is 0 Å². The molecule has 0 aliphatic carbocycles. The first kappa shape index (κ1) is 15.1. The van der Waals surface area contributed by atoms with Crippen LogP contribution in [0.5, 0.6) is 5.75 Å². The normalized spacial score (nSPS) is 10.2. The molecule has 0 aromatic heterocycles. The van der Waals surface area contributed by atoms with E-state index in [0.717, 1.165) is 0 Å². The van der Waals surface area contributed by atoms with Crippen LogP contribution < -0.4 is 15.8 Å². The molecule has 6 heteroatoms. The molecular formula is C15H14ClFN2O2. The molecule has 0 fully saturated rings. The number of carbonyl (C=O) groups excluding carboxylic acids is 1. The van der Waals surface area contributed by atoms with E-state index >= 15 is 0 Å². The molecule has 0 saturated heterocycles. The van der Waals surface area contributed by atoms with Gasteiger partial charge in [-0.3, -0.25) is 4.79 Å². The van der Waals surface area contributed by atoms with E-state index in [1.54, 1.807) is 12.1 Å². The number of halogens is 2. The second-order valence-electron chi connectivity index (χ2n) is 4.24. The van der Waals surface area contributed by atoms with Crippen LogP contribution in [0.25, 0.3) is 0 Å². The van der Waals surface area contributed by atoms with Gasteiger partial charge in [0.1, 0.15) is 11.6 Å². The van der Waals surface area contributed by atoms with Crippen molar-refractivity contribution in [2.45, 2.75) is 6.92 Å². The molecule has 0 atom stereocenters. The van der Waals surface area contributed by atoms with Gasteiger partial charge >= 0.3 is 0 Å². The smallest absolute Gasteiger partial charge is 0.255 e. The summed E-state index contributed by atoms with van der Waals surface area (Å²) in [4.78, 5) is 12.1. The number of rotatable bonds is 4. The van der Waals surface area contributed by atoms with Gasteiger partial charge in [0, 0.05) is 5.56 Å². The lowest BCUT2D eigenvalue weighted by molar-refractivity contribution is 0.102. The van der Waals surface area contributed by atoms with E-state index in [-0.39, 0.29) is 16.3 Å². The van der Waals surface area contributed by atoms with Crippen molar-refractivity contribution in [1.82, 2.24) is 0 Å². The van der Waals surface area contributed by atoms with Gasteiger partial charge in [0.15, 0.2) is 0 Å². The summed E-state index contributed by atoms with van der Waals surface area (Å²) >= 11 is 5.86. The molecule has 2 aromatic carbocycles. The molecule has 4 nitrogen and oxygen atoms in total. The number of benzene rings is 2. The molecule has 0 unspecified atom stereocenters. The lowest BCUT2D eigenvalue weighted by atomic mass is 10.1. The fourth-order valence-corrected chi connectivity index (χ4v) is 1.99. The Morgan fingerprint density at radius 1 is 1.38 bits per heavy atom. The summed E-state index contributed by atoms with van der Waals surface area (Å²) in [6, 6.07) is 8.78. The van der Waals surface area contributed by atoms with Crippen LogP contribution in [0.3, 0.4) is 0 Å². The zero-order valence-electron chi connectivity index (χ0n) is 11.3. The number of para-hydroxylation sites is 1. The van der Waals surface area contributed by atoms with Crippen molar-refractivity contribution in [3.8, 4) is 5.75 Å². The second-order valence-corrected chi connectivity index (χ2v) is 4.64. The van der Waals surface area contributed by atoms with E-state index in [0.29, 0.717) is 18.0 Å². The molecular weight excluding hydrogens is 295 g/mol. The van der Waals surface area contributed by atoms with Gasteiger partial charge in [0.2, 0.25) is 0 Å². The molecule has 0 radical (unpaired) electrons. The molecule has 1 amide bonds. The molecule has 110 valence electrons. The van der Waals surface area contributed by atoms with Crippen LogP contribution in [0.2, 0.25) is 5.02 Å². The maximum absolute atomic E-state index is 13.6. The van der Waals surface area contributed by atoms with Crippen LogP contribution in [0.4, 0.5) is 15.8 Å². The average molecular weight is 309 g/mol. The number of nitrogen functional groups attached to an aromatic ring is 1. The Balaban J connectivity index is 2.23. The lowest BCUT2D eigenvalue weighted by Gasteiger charge is -2.10. The Morgan fingerprint density at radius 2 is 2.14 bits per heavy atom. The fraction of sp³-hybridized carbons (Fsp3) is 0.133. The van der Waals surface area contributed by atoms with Crippen molar-refractivity contribution in [1.29, 1.82) is 0 Å². The monoisotopic (exact) mass is 308 g/mol. The summed E-state index contributed by atoms with van der Waals surface area (Å²) in [6.07, 6.45) is 0. The third-order valence-corrected chi connectivity index (χ3v) is 3.09. The number of amides is 1. The van der Waals surface area contributed by atoms with Crippen molar-refractivity contribution in [3.63, 3.8) is 0 Å². The van der Waals surface area contributed by atoms with Gasteiger partial charge in [-0.15, -0.1) is 0 Å². The first-order valence-corrected chi connectivity index (χ1v) is 6.68. The molecule has 2 rings (SSSR count). The van der Waals surface area contributed by atoms with E-state index in [1.165, 1.54) is 24.3 Å². The van der Waals surface area contributed by atoms with Crippen molar-refractivity contribution >= 4 is 28.9 Å². The summed E-state index contributed by atoms with van der Waals surface area (Å²) in [5.74, 6) is -0.607. The Bertz CT molecular complexity index is 656. The van der Waals surface area contributed by atoms with Crippen molar-refractivity contribution in [2.75, 3.05) is 17.7 Å². The topological polar surface area (TPSA) is 64.3 Å². The largest absolute Gasteiger partial charge is 0.492 e. The minimum absolute atomic E-state index is 0.0587. The predicted molar refractivity (Wildman–Crippen MR) is 81.4 cm³/mol. The maximum atomic E-state index is 13.6. The average Bonchev–Trinajstić information content (AvgIpc) is 2.45. The van der Waals surface area contributed by atoms with Gasteiger partial charge in [0.05, 0.1) is 23.0 Å². The molecule has 0 heterocycles. The molecule has 0 aliphatic rings. The van der Waals surface area contributed by atoms with E-state index in [9.17, 15) is 9.18 Å². The van der Waals surface area contributed by atoms with Crippen molar-refractivity contribution < 1.29 is 13.9 Å². The predicted octanol–water partition coefficient (Wildman–Crippen LogP) is 3.71. The van der Waals surface area contributed by atoms with Crippen LogP contribution in [0, 0.1) is 5.82 Å². The standard InChI is InChI=1S/C15H14ClFN2O2/c1-2-21-13-7-6-9(8-12(13)18)15(20)19-14-10(16)4-3-5-11(14)17/h3-8H,2,18H2,1H3,(H,19,20). The van der Waals surface area contributed by atoms with Crippen LogP contribution in [-0.4, -0.2) is 12.5 Å². The number of anilines is 2. The first-order chi connectivity index (χ1) is 10.0. The summed E-state index contributed by atoms with van der Waals surface area (Å²) in [5.41, 5.74) is 6.36.